The summed E-state index contributed by atoms with van der Waals surface area (Å²) in [5, 5.41) is 23.0. The summed E-state index contributed by atoms with van der Waals surface area (Å²) in [6, 6.07) is 7.96. The fourth-order valence-electron chi connectivity index (χ4n) is 1.61. The SMILES string of the molecule is CCOC(=O)c1ccc(NC(=O)/C(C#N)=C\NCCCO)cc1. The van der Waals surface area contributed by atoms with Gasteiger partial charge in [0.1, 0.15) is 11.6 Å². The van der Waals surface area contributed by atoms with Gasteiger partial charge in [-0.1, -0.05) is 0 Å². The molecule has 1 aromatic carbocycles. The third-order valence-corrected chi connectivity index (χ3v) is 2.74. The van der Waals surface area contributed by atoms with Crippen molar-refractivity contribution in [3.05, 3.63) is 41.6 Å². The lowest BCUT2D eigenvalue weighted by Gasteiger charge is -2.06. The maximum atomic E-state index is 11.9. The number of hydrogen-bond donors (Lipinski definition) is 3. The highest BCUT2D eigenvalue weighted by Gasteiger charge is 2.10. The van der Waals surface area contributed by atoms with Crippen molar-refractivity contribution < 1.29 is 19.4 Å². The third-order valence-electron chi connectivity index (χ3n) is 2.74. The van der Waals surface area contributed by atoms with Gasteiger partial charge in [0.2, 0.25) is 0 Å². The fourth-order valence-corrected chi connectivity index (χ4v) is 1.61. The first kappa shape index (κ1) is 18.2. The normalized spacial score (nSPS) is 10.6. The molecule has 1 rings (SSSR count). The summed E-state index contributed by atoms with van der Waals surface area (Å²) in [5.41, 5.74) is 0.753. The molecule has 0 saturated heterocycles. The van der Waals surface area contributed by atoms with E-state index < -0.39 is 11.9 Å². The Labute approximate surface area is 134 Å². The lowest BCUT2D eigenvalue weighted by atomic mass is 10.2. The molecule has 0 bridgehead atoms. The number of rotatable bonds is 8. The highest BCUT2D eigenvalue weighted by atomic mass is 16.5. The van der Waals surface area contributed by atoms with E-state index in [2.05, 4.69) is 10.6 Å². The second kappa shape index (κ2) is 9.97. The van der Waals surface area contributed by atoms with Crippen LogP contribution < -0.4 is 10.6 Å². The van der Waals surface area contributed by atoms with Crippen molar-refractivity contribution in [1.82, 2.24) is 5.32 Å². The Hall–Kier alpha value is -2.85. The fraction of sp³-hybridized carbons (Fsp3) is 0.312. The molecule has 0 radical (unpaired) electrons. The molecule has 0 heterocycles. The molecule has 0 spiro atoms. The van der Waals surface area contributed by atoms with Gasteiger partial charge in [0.25, 0.3) is 5.91 Å². The molecule has 0 aliphatic carbocycles. The number of nitriles is 1. The van der Waals surface area contributed by atoms with Crippen molar-refractivity contribution in [2.75, 3.05) is 25.1 Å². The lowest BCUT2D eigenvalue weighted by Crippen LogP contribution is -2.17. The molecule has 1 aromatic rings. The molecule has 1 amide bonds. The van der Waals surface area contributed by atoms with E-state index in [0.717, 1.165) is 0 Å². The van der Waals surface area contributed by atoms with E-state index in [1.54, 1.807) is 25.1 Å². The third kappa shape index (κ3) is 6.20. The van der Waals surface area contributed by atoms with Crippen LogP contribution in [0.25, 0.3) is 0 Å². The number of carbonyl (C=O) groups excluding carboxylic acids is 2. The minimum Gasteiger partial charge on any atom is -0.462 e. The number of hydrogen-bond acceptors (Lipinski definition) is 6. The Morgan fingerprint density at radius 3 is 2.61 bits per heavy atom. The van der Waals surface area contributed by atoms with Crippen molar-refractivity contribution in [3.63, 3.8) is 0 Å². The number of carbonyl (C=O) groups is 2. The van der Waals surface area contributed by atoms with Crippen LogP contribution in [0.15, 0.2) is 36.0 Å². The summed E-state index contributed by atoms with van der Waals surface area (Å²) in [4.78, 5) is 23.5. The van der Waals surface area contributed by atoms with Gasteiger partial charge in [-0.25, -0.2) is 4.79 Å². The Morgan fingerprint density at radius 2 is 2.04 bits per heavy atom. The average molecular weight is 317 g/mol. The van der Waals surface area contributed by atoms with Gasteiger partial charge in [-0.15, -0.1) is 0 Å². The standard InChI is InChI=1S/C16H19N3O4/c1-2-23-16(22)12-4-6-14(7-5-12)19-15(21)13(10-17)11-18-8-3-9-20/h4-7,11,18,20H,2-3,8-9H2,1H3,(H,19,21)/b13-11-. The number of aliphatic hydroxyl groups is 1. The topological polar surface area (TPSA) is 111 Å². The number of anilines is 1. The van der Waals surface area contributed by atoms with Crippen LogP contribution in [0.2, 0.25) is 0 Å². The maximum absolute atomic E-state index is 11.9. The number of benzene rings is 1. The Morgan fingerprint density at radius 1 is 1.35 bits per heavy atom. The lowest BCUT2D eigenvalue weighted by molar-refractivity contribution is -0.112. The predicted octanol–water partition coefficient (Wildman–Crippen LogP) is 1.18. The molecule has 0 saturated carbocycles. The molecule has 0 unspecified atom stereocenters. The molecule has 7 heteroatoms. The van der Waals surface area contributed by atoms with E-state index in [-0.39, 0.29) is 18.8 Å². The van der Waals surface area contributed by atoms with Gasteiger partial charge in [-0.05, 0) is 37.6 Å². The van der Waals surface area contributed by atoms with E-state index in [4.69, 9.17) is 15.1 Å². The highest BCUT2D eigenvalue weighted by molar-refractivity contribution is 6.06. The van der Waals surface area contributed by atoms with Crippen LogP contribution in [0.3, 0.4) is 0 Å². The van der Waals surface area contributed by atoms with Crippen molar-refractivity contribution in [2.45, 2.75) is 13.3 Å². The first-order chi connectivity index (χ1) is 11.1. The average Bonchev–Trinajstić information content (AvgIpc) is 2.55. The Balaban J connectivity index is 2.65. The van der Waals surface area contributed by atoms with Crippen LogP contribution in [0.5, 0.6) is 0 Å². The number of esters is 1. The summed E-state index contributed by atoms with van der Waals surface area (Å²) in [5.74, 6) is -0.996. The zero-order valence-electron chi connectivity index (χ0n) is 12.8. The first-order valence-corrected chi connectivity index (χ1v) is 7.15. The number of nitrogens with zero attached hydrogens (tertiary/aromatic N) is 1. The Bertz CT molecular complexity index is 603. The van der Waals surface area contributed by atoms with Gasteiger partial charge in [0.05, 0.1) is 12.2 Å². The second-order valence-electron chi connectivity index (χ2n) is 4.45. The van der Waals surface area contributed by atoms with Gasteiger partial charge < -0.3 is 20.5 Å². The van der Waals surface area contributed by atoms with E-state index >= 15 is 0 Å². The smallest absolute Gasteiger partial charge is 0.338 e. The summed E-state index contributed by atoms with van der Waals surface area (Å²) in [6.45, 7) is 2.50. The number of aliphatic hydroxyl groups excluding tert-OH is 1. The summed E-state index contributed by atoms with van der Waals surface area (Å²) in [7, 11) is 0. The largest absolute Gasteiger partial charge is 0.462 e. The minimum atomic E-state index is -0.562. The molecule has 0 atom stereocenters. The molecule has 0 aliphatic rings. The number of ether oxygens (including phenoxy) is 1. The molecule has 0 fully saturated rings. The van der Waals surface area contributed by atoms with Crippen LogP contribution in [0, 0.1) is 11.3 Å². The molecule has 7 nitrogen and oxygen atoms in total. The number of nitrogens with one attached hydrogen (secondary N) is 2. The zero-order chi connectivity index (χ0) is 17.1. The molecule has 3 N–H and O–H groups in total. The molecular formula is C16H19N3O4. The van der Waals surface area contributed by atoms with Crippen LogP contribution in [-0.4, -0.2) is 36.7 Å². The zero-order valence-corrected chi connectivity index (χ0v) is 12.8. The van der Waals surface area contributed by atoms with E-state index in [1.165, 1.54) is 18.3 Å². The van der Waals surface area contributed by atoms with Crippen molar-refractivity contribution in [3.8, 4) is 6.07 Å². The van der Waals surface area contributed by atoms with Gasteiger partial charge in [0, 0.05) is 25.0 Å². The van der Waals surface area contributed by atoms with Crippen LogP contribution in [0.4, 0.5) is 5.69 Å². The van der Waals surface area contributed by atoms with Crippen molar-refractivity contribution in [1.29, 1.82) is 5.26 Å². The van der Waals surface area contributed by atoms with Gasteiger partial charge in [-0.3, -0.25) is 4.79 Å². The van der Waals surface area contributed by atoms with Gasteiger partial charge in [0.15, 0.2) is 0 Å². The number of amides is 1. The highest BCUT2D eigenvalue weighted by Crippen LogP contribution is 2.11. The summed E-state index contributed by atoms with van der Waals surface area (Å²) < 4.78 is 4.86. The van der Waals surface area contributed by atoms with Crippen molar-refractivity contribution >= 4 is 17.6 Å². The molecule has 122 valence electrons. The minimum absolute atomic E-state index is 0.0295. The van der Waals surface area contributed by atoms with Crippen molar-refractivity contribution in [2.24, 2.45) is 0 Å². The van der Waals surface area contributed by atoms with E-state index in [9.17, 15) is 9.59 Å². The quantitative estimate of drug-likeness (QED) is 0.287. The molecule has 23 heavy (non-hydrogen) atoms. The maximum Gasteiger partial charge on any atom is 0.338 e. The van der Waals surface area contributed by atoms with Gasteiger partial charge >= 0.3 is 5.97 Å². The summed E-state index contributed by atoms with van der Waals surface area (Å²) in [6.07, 6.45) is 1.82. The monoisotopic (exact) mass is 317 g/mol. The predicted molar refractivity (Wildman–Crippen MR) is 84.4 cm³/mol. The van der Waals surface area contributed by atoms with Gasteiger partial charge in [-0.2, -0.15) is 5.26 Å². The Kier molecular flexibility index (Phi) is 7.89. The van der Waals surface area contributed by atoms with Crippen LogP contribution in [-0.2, 0) is 9.53 Å². The molecular weight excluding hydrogens is 298 g/mol. The second-order valence-corrected chi connectivity index (χ2v) is 4.45. The van der Waals surface area contributed by atoms with Crippen LogP contribution in [0.1, 0.15) is 23.7 Å². The van der Waals surface area contributed by atoms with E-state index in [0.29, 0.717) is 24.2 Å². The van der Waals surface area contributed by atoms with E-state index in [1.807, 2.05) is 0 Å². The van der Waals surface area contributed by atoms with Crippen LogP contribution >= 0.6 is 0 Å². The molecule has 0 aliphatic heterocycles. The first-order valence-electron chi connectivity index (χ1n) is 7.15. The molecule has 0 aromatic heterocycles. The summed E-state index contributed by atoms with van der Waals surface area (Å²) >= 11 is 0.